The number of anilines is 1. The Balaban J connectivity index is 1.78. The van der Waals surface area contributed by atoms with Gasteiger partial charge in [0.1, 0.15) is 0 Å². The number of imidazole rings is 1. The van der Waals surface area contributed by atoms with Crippen LogP contribution in [0.15, 0.2) is 41.7 Å². The van der Waals surface area contributed by atoms with Gasteiger partial charge in [-0.25, -0.2) is 4.98 Å². The molecule has 19 heavy (non-hydrogen) atoms. The number of nitrogen functional groups attached to an aromatic ring is 1. The van der Waals surface area contributed by atoms with E-state index < -0.39 is 0 Å². The average molecular weight is 291 g/mol. The zero-order valence-electron chi connectivity index (χ0n) is 9.93. The van der Waals surface area contributed by atoms with Crippen molar-refractivity contribution in [2.45, 2.75) is 10.9 Å². The van der Waals surface area contributed by atoms with Gasteiger partial charge in [-0.15, -0.1) is 0 Å². The summed E-state index contributed by atoms with van der Waals surface area (Å²) in [5.41, 5.74) is 9.25. The molecular weight excluding hydrogens is 280 g/mol. The van der Waals surface area contributed by atoms with Crippen LogP contribution in [-0.2, 0) is 5.75 Å². The molecule has 0 aliphatic heterocycles. The summed E-state index contributed by atoms with van der Waals surface area (Å²) in [7, 11) is 0. The van der Waals surface area contributed by atoms with Crippen LogP contribution in [0.3, 0.4) is 0 Å². The first-order chi connectivity index (χ1) is 9.20. The number of thioether (sulfide) groups is 1. The Morgan fingerprint density at radius 1 is 1.26 bits per heavy atom. The van der Waals surface area contributed by atoms with Crippen molar-refractivity contribution in [1.29, 1.82) is 0 Å². The summed E-state index contributed by atoms with van der Waals surface area (Å²) >= 11 is 7.51. The van der Waals surface area contributed by atoms with Crippen LogP contribution in [0.5, 0.6) is 0 Å². The third-order valence-electron chi connectivity index (χ3n) is 2.62. The number of pyridine rings is 1. The molecule has 0 aliphatic carbocycles. The van der Waals surface area contributed by atoms with Gasteiger partial charge < -0.3 is 10.7 Å². The van der Waals surface area contributed by atoms with Gasteiger partial charge in [0.05, 0.1) is 16.7 Å². The van der Waals surface area contributed by atoms with Crippen molar-refractivity contribution in [3.05, 3.63) is 47.2 Å². The summed E-state index contributed by atoms with van der Waals surface area (Å²) in [6.07, 6.45) is 1.71. The number of halogens is 1. The van der Waals surface area contributed by atoms with E-state index >= 15 is 0 Å². The van der Waals surface area contributed by atoms with E-state index in [0.29, 0.717) is 5.02 Å². The van der Waals surface area contributed by atoms with E-state index in [1.54, 1.807) is 24.0 Å². The number of fused-ring (bicyclic) bond motifs is 1. The predicted octanol–water partition coefficient (Wildman–Crippen LogP) is 3.49. The van der Waals surface area contributed by atoms with Gasteiger partial charge in [0.2, 0.25) is 0 Å². The molecule has 1 aromatic carbocycles. The molecule has 0 aliphatic rings. The van der Waals surface area contributed by atoms with E-state index in [2.05, 4.69) is 15.0 Å². The topological polar surface area (TPSA) is 67.6 Å². The summed E-state index contributed by atoms with van der Waals surface area (Å²) in [5.74, 6) is 0.718. The van der Waals surface area contributed by atoms with Crippen LogP contribution in [0.25, 0.3) is 11.0 Å². The molecule has 0 bridgehead atoms. The number of aromatic amines is 1. The highest BCUT2D eigenvalue weighted by Crippen LogP contribution is 2.24. The standard InChI is InChI=1S/C13H11ClN4S/c14-8-3-4-16-10(5-8)7-19-13-17-11-2-1-9(15)6-12(11)18-13/h1-6H,7,15H2,(H,17,18). The maximum atomic E-state index is 5.92. The van der Waals surface area contributed by atoms with Gasteiger partial charge in [-0.1, -0.05) is 23.4 Å². The predicted molar refractivity (Wildman–Crippen MR) is 79.3 cm³/mol. The SMILES string of the molecule is Nc1ccc2nc(SCc3cc(Cl)ccn3)[nH]c2c1. The molecule has 0 radical (unpaired) electrons. The van der Waals surface area contributed by atoms with Crippen molar-refractivity contribution in [3.63, 3.8) is 0 Å². The Morgan fingerprint density at radius 2 is 2.16 bits per heavy atom. The lowest BCUT2D eigenvalue weighted by molar-refractivity contribution is 1.07. The first kappa shape index (κ1) is 12.3. The zero-order valence-corrected chi connectivity index (χ0v) is 11.5. The lowest BCUT2D eigenvalue weighted by Crippen LogP contribution is -1.86. The van der Waals surface area contributed by atoms with E-state index in [1.165, 1.54) is 0 Å². The number of H-pyrrole nitrogens is 1. The van der Waals surface area contributed by atoms with E-state index in [9.17, 15) is 0 Å². The largest absolute Gasteiger partial charge is 0.399 e. The van der Waals surface area contributed by atoms with Crippen LogP contribution < -0.4 is 5.73 Å². The lowest BCUT2D eigenvalue weighted by Gasteiger charge is -1.98. The van der Waals surface area contributed by atoms with E-state index in [0.717, 1.165) is 33.3 Å². The van der Waals surface area contributed by atoms with Crippen molar-refractivity contribution >= 4 is 40.1 Å². The Kier molecular flexibility index (Phi) is 3.31. The molecule has 0 atom stereocenters. The molecule has 6 heteroatoms. The van der Waals surface area contributed by atoms with Gasteiger partial charge >= 0.3 is 0 Å². The summed E-state index contributed by atoms with van der Waals surface area (Å²) in [6.45, 7) is 0. The highest BCUT2D eigenvalue weighted by molar-refractivity contribution is 7.98. The Labute approximate surface area is 119 Å². The quantitative estimate of drug-likeness (QED) is 0.572. The van der Waals surface area contributed by atoms with Crippen LogP contribution in [0, 0.1) is 0 Å². The zero-order chi connectivity index (χ0) is 13.2. The third kappa shape index (κ3) is 2.83. The van der Waals surface area contributed by atoms with Gasteiger partial charge in [0.15, 0.2) is 5.16 Å². The van der Waals surface area contributed by atoms with Crippen LogP contribution >= 0.6 is 23.4 Å². The molecule has 0 unspecified atom stereocenters. The third-order valence-corrected chi connectivity index (χ3v) is 3.76. The molecule has 3 aromatic rings. The average Bonchev–Trinajstić information content (AvgIpc) is 2.78. The molecule has 0 spiro atoms. The smallest absolute Gasteiger partial charge is 0.166 e. The molecule has 3 rings (SSSR count). The second kappa shape index (κ2) is 5.11. The van der Waals surface area contributed by atoms with Crippen molar-refractivity contribution in [3.8, 4) is 0 Å². The van der Waals surface area contributed by atoms with Gasteiger partial charge in [0, 0.05) is 22.7 Å². The Morgan fingerprint density at radius 3 is 3.00 bits per heavy atom. The van der Waals surface area contributed by atoms with Crippen molar-refractivity contribution < 1.29 is 0 Å². The molecule has 0 amide bonds. The molecule has 2 aromatic heterocycles. The summed E-state index contributed by atoms with van der Waals surface area (Å²) < 4.78 is 0. The monoisotopic (exact) mass is 290 g/mol. The van der Waals surface area contributed by atoms with Crippen LogP contribution in [0.4, 0.5) is 5.69 Å². The van der Waals surface area contributed by atoms with Gasteiger partial charge in [0.25, 0.3) is 0 Å². The summed E-state index contributed by atoms with van der Waals surface area (Å²) in [5, 5.41) is 1.55. The number of nitrogens with two attached hydrogens (primary N) is 1. The van der Waals surface area contributed by atoms with Crippen LogP contribution in [0.1, 0.15) is 5.69 Å². The minimum absolute atomic E-state index is 0.697. The van der Waals surface area contributed by atoms with Gasteiger partial charge in [-0.05, 0) is 30.3 Å². The Bertz CT molecular complexity index is 725. The summed E-state index contributed by atoms with van der Waals surface area (Å²) in [6, 6.07) is 9.25. The summed E-state index contributed by atoms with van der Waals surface area (Å²) in [4.78, 5) is 12.0. The molecule has 0 saturated carbocycles. The molecule has 2 heterocycles. The first-order valence-electron chi connectivity index (χ1n) is 5.69. The molecule has 0 fully saturated rings. The van der Waals surface area contributed by atoms with Crippen molar-refractivity contribution in [1.82, 2.24) is 15.0 Å². The van der Waals surface area contributed by atoms with Crippen molar-refractivity contribution in [2.75, 3.05) is 5.73 Å². The number of hydrogen-bond acceptors (Lipinski definition) is 4. The number of aromatic nitrogens is 3. The minimum atomic E-state index is 0.697. The van der Waals surface area contributed by atoms with E-state index in [4.69, 9.17) is 17.3 Å². The fourth-order valence-corrected chi connectivity index (χ4v) is 2.71. The molecule has 4 nitrogen and oxygen atoms in total. The molecule has 0 saturated heterocycles. The van der Waals surface area contributed by atoms with Crippen LogP contribution in [-0.4, -0.2) is 15.0 Å². The van der Waals surface area contributed by atoms with Crippen molar-refractivity contribution in [2.24, 2.45) is 0 Å². The number of benzene rings is 1. The Hall–Kier alpha value is -1.72. The first-order valence-corrected chi connectivity index (χ1v) is 7.05. The van der Waals surface area contributed by atoms with E-state index in [-0.39, 0.29) is 0 Å². The number of rotatable bonds is 3. The highest BCUT2D eigenvalue weighted by Gasteiger charge is 2.05. The number of hydrogen-bond donors (Lipinski definition) is 2. The van der Waals surface area contributed by atoms with E-state index in [1.807, 2.05) is 24.3 Å². The normalized spacial score (nSPS) is 11.0. The minimum Gasteiger partial charge on any atom is -0.399 e. The number of nitrogens with zero attached hydrogens (tertiary/aromatic N) is 2. The van der Waals surface area contributed by atoms with Gasteiger partial charge in [-0.2, -0.15) is 0 Å². The lowest BCUT2D eigenvalue weighted by atomic mass is 10.3. The van der Waals surface area contributed by atoms with Gasteiger partial charge in [-0.3, -0.25) is 4.98 Å². The fraction of sp³-hybridized carbons (Fsp3) is 0.0769. The molecular formula is C13H11ClN4S. The molecule has 3 N–H and O–H groups in total. The molecule has 96 valence electrons. The number of nitrogens with one attached hydrogen (secondary N) is 1. The maximum absolute atomic E-state index is 5.92. The second-order valence-corrected chi connectivity index (χ2v) is 5.47. The van der Waals surface area contributed by atoms with Crippen LogP contribution in [0.2, 0.25) is 5.02 Å². The fourth-order valence-electron chi connectivity index (χ4n) is 1.74. The second-order valence-electron chi connectivity index (χ2n) is 4.07. The maximum Gasteiger partial charge on any atom is 0.166 e. The highest BCUT2D eigenvalue weighted by atomic mass is 35.5.